The third-order valence-electron chi connectivity index (χ3n) is 2.78. The summed E-state index contributed by atoms with van der Waals surface area (Å²) in [7, 11) is 0. The molecule has 0 aliphatic heterocycles. The van der Waals surface area contributed by atoms with E-state index in [2.05, 4.69) is 51.6 Å². The van der Waals surface area contributed by atoms with Crippen molar-refractivity contribution in [3.63, 3.8) is 0 Å². The highest BCUT2D eigenvalue weighted by molar-refractivity contribution is 7.17. The Morgan fingerprint density at radius 1 is 1.24 bits per heavy atom. The minimum atomic E-state index is 0.291. The zero-order chi connectivity index (χ0) is 11.7. The predicted octanol–water partition coefficient (Wildman–Crippen LogP) is 4.53. The Labute approximate surface area is 108 Å². The Hall–Kier alpha value is -1.39. The van der Waals surface area contributed by atoms with Gasteiger partial charge in [-0.25, -0.2) is 4.98 Å². The fraction of sp³-hybridized carbons (Fsp3) is 0.154. The number of anilines is 1. The first-order chi connectivity index (χ1) is 8.34. The third kappa shape index (κ3) is 2.06. The Bertz CT molecular complexity index is 613. The van der Waals surface area contributed by atoms with Crippen molar-refractivity contribution in [1.29, 1.82) is 0 Å². The quantitative estimate of drug-likeness (QED) is 0.748. The van der Waals surface area contributed by atoms with Crippen LogP contribution < -0.4 is 5.32 Å². The minimum Gasteiger partial charge on any atom is -0.363 e. The first kappa shape index (κ1) is 10.7. The number of thiophene rings is 2. The van der Waals surface area contributed by atoms with Gasteiger partial charge in [-0.1, -0.05) is 0 Å². The molecular weight excluding hydrogens is 248 g/mol. The lowest BCUT2D eigenvalue weighted by Crippen LogP contribution is -2.06. The van der Waals surface area contributed by atoms with Gasteiger partial charge in [-0.05, 0) is 46.8 Å². The van der Waals surface area contributed by atoms with E-state index >= 15 is 0 Å². The molecule has 0 saturated heterocycles. The number of aromatic nitrogens is 1. The molecule has 0 fully saturated rings. The molecule has 3 heterocycles. The van der Waals surface area contributed by atoms with Crippen LogP contribution in [-0.4, -0.2) is 4.98 Å². The summed E-state index contributed by atoms with van der Waals surface area (Å²) >= 11 is 3.47. The molecule has 0 spiro atoms. The fourth-order valence-electron chi connectivity index (χ4n) is 1.82. The number of nitrogens with zero attached hydrogens (tertiary/aromatic N) is 1. The van der Waals surface area contributed by atoms with Crippen molar-refractivity contribution in [3.8, 4) is 0 Å². The Balaban J connectivity index is 1.92. The van der Waals surface area contributed by atoms with Crippen molar-refractivity contribution in [3.05, 3.63) is 46.1 Å². The van der Waals surface area contributed by atoms with Crippen molar-refractivity contribution >= 4 is 38.6 Å². The molecule has 1 atom stereocenters. The average molecular weight is 260 g/mol. The van der Waals surface area contributed by atoms with Gasteiger partial charge in [0.1, 0.15) is 5.82 Å². The number of fused-ring (bicyclic) bond motifs is 1. The predicted molar refractivity (Wildman–Crippen MR) is 76.0 cm³/mol. The standard InChI is InChI=1S/C13H12N2S2/c1-9(10-3-6-16-8-10)15-13-11-4-7-17-12(11)2-5-14-13/h2-9H,1H3,(H,14,15). The van der Waals surface area contributed by atoms with Crippen molar-refractivity contribution in [2.45, 2.75) is 13.0 Å². The summed E-state index contributed by atoms with van der Waals surface area (Å²) in [5, 5.41) is 11.1. The van der Waals surface area contributed by atoms with Gasteiger partial charge in [0, 0.05) is 16.3 Å². The van der Waals surface area contributed by atoms with E-state index in [9.17, 15) is 0 Å². The van der Waals surface area contributed by atoms with Crippen LogP contribution in [0.15, 0.2) is 40.5 Å². The maximum Gasteiger partial charge on any atom is 0.135 e. The van der Waals surface area contributed by atoms with Crippen LogP contribution in [0.2, 0.25) is 0 Å². The monoisotopic (exact) mass is 260 g/mol. The van der Waals surface area contributed by atoms with Crippen LogP contribution in [0, 0.1) is 0 Å². The topological polar surface area (TPSA) is 24.9 Å². The molecule has 0 saturated carbocycles. The van der Waals surface area contributed by atoms with E-state index in [1.165, 1.54) is 15.6 Å². The van der Waals surface area contributed by atoms with Gasteiger partial charge in [0.15, 0.2) is 0 Å². The van der Waals surface area contributed by atoms with Gasteiger partial charge in [-0.15, -0.1) is 11.3 Å². The van der Waals surface area contributed by atoms with Crippen molar-refractivity contribution in [2.75, 3.05) is 5.32 Å². The first-order valence-corrected chi connectivity index (χ1v) is 7.27. The maximum absolute atomic E-state index is 4.43. The van der Waals surface area contributed by atoms with Gasteiger partial charge in [-0.3, -0.25) is 0 Å². The minimum absolute atomic E-state index is 0.291. The van der Waals surface area contributed by atoms with Gasteiger partial charge >= 0.3 is 0 Å². The van der Waals surface area contributed by atoms with E-state index in [0.717, 1.165) is 5.82 Å². The number of hydrogen-bond donors (Lipinski definition) is 1. The highest BCUT2D eigenvalue weighted by Gasteiger charge is 2.09. The van der Waals surface area contributed by atoms with Gasteiger partial charge in [-0.2, -0.15) is 11.3 Å². The third-order valence-corrected chi connectivity index (χ3v) is 4.36. The number of pyridine rings is 1. The molecule has 4 heteroatoms. The number of hydrogen-bond acceptors (Lipinski definition) is 4. The summed E-state index contributed by atoms with van der Waals surface area (Å²) < 4.78 is 1.28. The van der Waals surface area contributed by atoms with E-state index < -0.39 is 0 Å². The van der Waals surface area contributed by atoms with E-state index in [1.54, 1.807) is 22.7 Å². The van der Waals surface area contributed by atoms with Crippen LogP contribution >= 0.6 is 22.7 Å². The second-order valence-corrected chi connectivity index (χ2v) is 5.64. The molecule has 3 aromatic rings. The molecule has 1 unspecified atom stereocenters. The van der Waals surface area contributed by atoms with Crippen LogP contribution in [0.3, 0.4) is 0 Å². The summed E-state index contributed by atoms with van der Waals surface area (Å²) in [4.78, 5) is 4.43. The summed E-state index contributed by atoms with van der Waals surface area (Å²) in [6.45, 7) is 2.16. The van der Waals surface area contributed by atoms with Crippen molar-refractivity contribution in [2.24, 2.45) is 0 Å². The molecule has 0 bridgehead atoms. The Kier molecular flexibility index (Phi) is 2.82. The molecule has 0 amide bonds. The van der Waals surface area contributed by atoms with E-state index in [1.807, 2.05) is 6.20 Å². The highest BCUT2D eigenvalue weighted by Crippen LogP contribution is 2.28. The zero-order valence-electron chi connectivity index (χ0n) is 9.38. The van der Waals surface area contributed by atoms with Crippen LogP contribution in [-0.2, 0) is 0 Å². The van der Waals surface area contributed by atoms with E-state index in [0.29, 0.717) is 6.04 Å². The lowest BCUT2D eigenvalue weighted by atomic mass is 10.2. The molecule has 0 radical (unpaired) electrons. The van der Waals surface area contributed by atoms with Crippen LogP contribution in [0.4, 0.5) is 5.82 Å². The van der Waals surface area contributed by atoms with Crippen molar-refractivity contribution < 1.29 is 0 Å². The summed E-state index contributed by atoms with van der Waals surface area (Å²) in [6, 6.07) is 6.62. The molecular formula is C13H12N2S2. The smallest absolute Gasteiger partial charge is 0.135 e. The number of rotatable bonds is 3. The van der Waals surface area contributed by atoms with E-state index in [4.69, 9.17) is 0 Å². The lowest BCUT2D eigenvalue weighted by molar-refractivity contribution is 0.883. The Morgan fingerprint density at radius 3 is 3.00 bits per heavy atom. The average Bonchev–Trinajstić information content (AvgIpc) is 3.00. The molecule has 3 rings (SSSR count). The Morgan fingerprint density at radius 2 is 2.18 bits per heavy atom. The van der Waals surface area contributed by atoms with Crippen LogP contribution in [0.5, 0.6) is 0 Å². The molecule has 3 aromatic heterocycles. The first-order valence-electron chi connectivity index (χ1n) is 5.45. The second kappa shape index (κ2) is 4.47. The van der Waals surface area contributed by atoms with Crippen molar-refractivity contribution in [1.82, 2.24) is 4.98 Å². The number of nitrogens with one attached hydrogen (secondary N) is 1. The normalized spacial score (nSPS) is 12.8. The molecule has 2 nitrogen and oxygen atoms in total. The SMILES string of the molecule is CC(Nc1nccc2sccc12)c1ccsc1. The molecule has 17 heavy (non-hydrogen) atoms. The summed E-state index contributed by atoms with van der Waals surface area (Å²) in [5.41, 5.74) is 1.31. The summed E-state index contributed by atoms with van der Waals surface area (Å²) in [5.74, 6) is 0.974. The maximum atomic E-state index is 4.43. The molecule has 86 valence electrons. The van der Waals surface area contributed by atoms with E-state index in [-0.39, 0.29) is 0 Å². The van der Waals surface area contributed by atoms with Gasteiger partial charge in [0.2, 0.25) is 0 Å². The van der Waals surface area contributed by atoms with Gasteiger partial charge in [0.05, 0.1) is 6.04 Å². The van der Waals surface area contributed by atoms with Gasteiger partial charge < -0.3 is 5.32 Å². The molecule has 0 aliphatic rings. The molecule has 0 aromatic carbocycles. The zero-order valence-corrected chi connectivity index (χ0v) is 11.0. The van der Waals surface area contributed by atoms with Crippen LogP contribution in [0.1, 0.15) is 18.5 Å². The fourth-order valence-corrected chi connectivity index (χ4v) is 3.36. The van der Waals surface area contributed by atoms with Gasteiger partial charge in [0.25, 0.3) is 0 Å². The summed E-state index contributed by atoms with van der Waals surface area (Å²) in [6.07, 6.45) is 1.86. The molecule has 0 aliphatic carbocycles. The molecule has 1 N–H and O–H groups in total. The second-order valence-electron chi connectivity index (χ2n) is 3.91. The lowest BCUT2D eigenvalue weighted by Gasteiger charge is -2.13. The van der Waals surface area contributed by atoms with Crippen LogP contribution in [0.25, 0.3) is 10.1 Å². The highest BCUT2D eigenvalue weighted by atomic mass is 32.1. The largest absolute Gasteiger partial charge is 0.363 e.